The lowest BCUT2D eigenvalue weighted by Gasteiger charge is -2.14. The van der Waals surface area contributed by atoms with E-state index in [0.717, 1.165) is 0 Å². The maximum absolute atomic E-state index is 12.1. The molecule has 1 aromatic rings. The molecule has 3 N–H and O–H groups in total. The van der Waals surface area contributed by atoms with Gasteiger partial charge >= 0.3 is 10.8 Å². The zero-order valence-corrected chi connectivity index (χ0v) is 13.8. The first-order chi connectivity index (χ1) is 9.63. The van der Waals surface area contributed by atoms with E-state index in [0.29, 0.717) is 36.3 Å². The first-order valence-electron chi connectivity index (χ1n) is 6.58. The van der Waals surface area contributed by atoms with E-state index >= 15 is 0 Å². The molecule has 0 saturated carbocycles. The highest BCUT2D eigenvalue weighted by molar-refractivity contribution is 7.91. The van der Waals surface area contributed by atoms with Crippen LogP contribution < -0.4 is 9.60 Å². The van der Waals surface area contributed by atoms with Crippen LogP contribution in [0.5, 0.6) is 0 Å². The van der Waals surface area contributed by atoms with E-state index < -0.39 is 26.8 Å². The predicted molar refractivity (Wildman–Crippen MR) is 80.1 cm³/mol. The van der Waals surface area contributed by atoms with Gasteiger partial charge in [-0.15, -0.1) is 0 Å². The smallest absolute Gasteiger partial charge is 0.306 e. The number of carbonyl (C=O) groups is 1. The van der Waals surface area contributed by atoms with Crippen molar-refractivity contribution in [2.24, 2.45) is 5.92 Å². The summed E-state index contributed by atoms with van der Waals surface area (Å²) in [6, 6.07) is -0.326. The summed E-state index contributed by atoms with van der Waals surface area (Å²) in [6.45, 7) is 4.87. The van der Waals surface area contributed by atoms with Crippen LogP contribution in [0.3, 0.4) is 0 Å². The number of nitrogens with one attached hydrogen (secondary N) is 2. The standard InChI is InChI=1S/C12H20N2O5S2/c1-7(10(15)16)5-4-6-8(2)14-21(18,19)11-9(3)13-12(17)20-11/h7-8,14H,4-6H2,1-3H3,(H,13,17)(H,15,16). The first-order valence-corrected chi connectivity index (χ1v) is 8.88. The summed E-state index contributed by atoms with van der Waals surface area (Å²) in [7, 11) is -3.72. The Bertz CT molecular complexity index is 647. The van der Waals surface area contributed by atoms with Gasteiger partial charge in [-0.25, -0.2) is 13.1 Å². The summed E-state index contributed by atoms with van der Waals surface area (Å²) in [5.74, 6) is -1.29. The van der Waals surface area contributed by atoms with Gasteiger partial charge in [-0.3, -0.25) is 9.59 Å². The van der Waals surface area contributed by atoms with Gasteiger partial charge in [-0.2, -0.15) is 0 Å². The molecule has 1 heterocycles. The highest BCUT2D eigenvalue weighted by Crippen LogP contribution is 2.17. The Kier molecular flexibility index (Phi) is 6.11. The lowest BCUT2D eigenvalue weighted by molar-refractivity contribution is -0.141. The third-order valence-electron chi connectivity index (χ3n) is 3.08. The molecule has 0 amide bonds. The number of aliphatic carboxylic acids is 1. The number of carboxylic acids is 1. The SMILES string of the molecule is Cc1[nH]c(=O)sc1S(=O)(=O)NC(C)CCCC(C)C(=O)O. The summed E-state index contributed by atoms with van der Waals surface area (Å²) < 4.78 is 26.8. The molecule has 1 rings (SSSR count). The van der Waals surface area contributed by atoms with Gasteiger partial charge in [0.25, 0.3) is 10.0 Å². The van der Waals surface area contributed by atoms with Crippen LogP contribution in [0.1, 0.15) is 38.8 Å². The molecule has 0 aliphatic heterocycles. The molecule has 120 valence electrons. The number of aromatic amines is 1. The Hall–Kier alpha value is -1.19. The van der Waals surface area contributed by atoms with E-state index in [-0.39, 0.29) is 10.3 Å². The second-order valence-electron chi connectivity index (χ2n) is 5.12. The molecule has 0 fully saturated rings. The van der Waals surface area contributed by atoms with Crippen LogP contribution in [0, 0.1) is 12.8 Å². The average molecular weight is 336 g/mol. The number of rotatable bonds is 8. The second kappa shape index (κ2) is 7.19. The quantitative estimate of drug-likeness (QED) is 0.661. The van der Waals surface area contributed by atoms with Crippen molar-refractivity contribution in [2.75, 3.05) is 0 Å². The van der Waals surface area contributed by atoms with E-state index in [1.807, 2.05) is 0 Å². The van der Waals surface area contributed by atoms with Crippen molar-refractivity contribution in [1.82, 2.24) is 9.71 Å². The number of aryl methyl sites for hydroxylation is 1. The molecule has 0 saturated heterocycles. The van der Waals surface area contributed by atoms with Crippen LogP contribution in [-0.4, -0.2) is 30.5 Å². The van der Waals surface area contributed by atoms with Crippen LogP contribution in [0.2, 0.25) is 0 Å². The summed E-state index contributed by atoms with van der Waals surface area (Å²) in [4.78, 5) is 23.9. The number of aromatic nitrogens is 1. The van der Waals surface area contributed by atoms with Crippen molar-refractivity contribution in [3.8, 4) is 0 Å². The largest absolute Gasteiger partial charge is 0.481 e. The molecule has 21 heavy (non-hydrogen) atoms. The summed E-state index contributed by atoms with van der Waals surface area (Å²) >= 11 is 0.657. The number of hydrogen-bond donors (Lipinski definition) is 3. The lowest BCUT2D eigenvalue weighted by Crippen LogP contribution is -2.32. The minimum Gasteiger partial charge on any atom is -0.481 e. The van der Waals surface area contributed by atoms with Crippen LogP contribution >= 0.6 is 11.3 Å². The molecule has 0 aliphatic carbocycles. The van der Waals surface area contributed by atoms with Crippen molar-refractivity contribution in [3.05, 3.63) is 15.4 Å². The Morgan fingerprint density at radius 1 is 1.38 bits per heavy atom. The molecule has 9 heteroatoms. The van der Waals surface area contributed by atoms with Gasteiger partial charge in [-0.1, -0.05) is 24.7 Å². The molecule has 1 aromatic heterocycles. The topological polar surface area (TPSA) is 116 Å². The van der Waals surface area contributed by atoms with Gasteiger partial charge in [0.15, 0.2) is 4.21 Å². The predicted octanol–water partition coefficient (Wildman–Crippen LogP) is 1.30. The maximum atomic E-state index is 12.1. The van der Waals surface area contributed by atoms with E-state index in [1.54, 1.807) is 13.8 Å². The van der Waals surface area contributed by atoms with Crippen LogP contribution in [0.4, 0.5) is 0 Å². The third kappa shape index (κ3) is 5.25. The van der Waals surface area contributed by atoms with Gasteiger partial charge in [0.1, 0.15) is 0 Å². The molecule has 0 spiro atoms. The number of thiazole rings is 1. The summed E-state index contributed by atoms with van der Waals surface area (Å²) in [5.41, 5.74) is 0.323. The highest BCUT2D eigenvalue weighted by atomic mass is 32.2. The second-order valence-corrected chi connectivity index (χ2v) is 8.01. The average Bonchev–Trinajstić information content (AvgIpc) is 2.68. The zero-order valence-electron chi connectivity index (χ0n) is 12.2. The van der Waals surface area contributed by atoms with Crippen LogP contribution in [0.15, 0.2) is 9.00 Å². The van der Waals surface area contributed by atoms with E-state index in [1.165, 1.54) is 6.92 Å². The minimum absolute atomic E-state index is 0.00162. The third-order valence-corrected chi connectivity index (χ3v) is 6.27. The van der Waals surface area contributed by atoms with E-state index in [4.69, 9.17) is 5.11 Å². The van der Waals surface area contributed by atoms with E-state index in [2.05, 4.69) is 9.71 Å². The molecule has 0 radical (unpaired) electrons. The Labute approximate surface area is 127 Å². The number of H-pyrrole nitrogens is 1. The Balaban J connectivity index is 2.58. The number of sulfonamides is 1. The van der Waals surface area contributed by atoms with Crippen molar-refractivity contribution >= 4 is 27.3 Å². The fourth-order valence-corrected chi connectivity index (χ4v) is 4.47. The van der Waals surface area contributed by atoms with Crippen molar-refractivity contribution in [1.29, 1.82) is 0 Å². The maximum Gasteiger partial charge on any atom is 0.306 e. The molecule has 0 bridgehead atoms. The fraction of sp³-hybridized carbons (Fsp3) is 0.667. The Morgan fingerprint density at radius 2 is 2.00 bits per heavy atom. The van der Waals surface area contributed by atoms with E-state index in [9.17, 15) is 18.0 Å². The molecule has 2 atom stereocenters. The van der Waals surface area contributed by atoms with Gasteiger partial charge < -0.3 is 10.1 Å². The van der Waals surface area contributed by atoms with Gasteiger partial charge in [-0.05, 0) is 26.7 Å². The Morgan fingerprint density at radius 3 is 2.48 bits per heavy atom. The molecule has 0 aromatic carbocycles. The van der Waals surface area contributed by atoms with Crippen LogP contribution in [-0.2, 0) is 14.8 Å². The van der Waals surface area contributed by atoms with Crippen molar-refractivity contribution in [3.63, 3.8) is 0 Å². The van der Waals surface area contributed by atoms with Gasteiger partial charge in [0, 0.05) is 11.7 Å². The monoisotopic (exact) mass is 336 g/mol. The molecule has 7 nitrogen and oxygen atoms in total. The highest BCUT2D eigenvalue weighted by Gasteiger charge is 2.22. The fourth-order valence-electron chi connectivity index (χ4n) is 1.88. The molecule has 0 aliphatic rings. The van der Waals surface area contributed by atoms with Gasteiger partial charge in [0.2, 0.25) is 0 Å². The van der Waals surface area contributed by atoms with Crippen molar-refractivity contribution in [2.45, 2.75) is 50.3 Å². The lowest BCUT2D eigenvalue weighted by atomic mass is 10.0. The first kappa shape index (κ1) is 17.9. The van der Waals surface area contributed by atoms with Gasteiger partial charge in [0.05, 0.1) is 5.92 Å². The molecule has 2 unspecified atom stereocenters. The van der Waals surface area contributed by atoms with Crippen molar-refractivity contribution < 1.29 is 18.3 Å². The normalized spacial score (nSPS) is 14.8. The molecular formula is C12H20N2O5S2. The number of hydrogen-bond acceptors (Lipinski definition) is 5. The van der Waals surface area contributed by atoms with Crippen LogP contribution in [0.25, 0.3) is 0 Å². The number of carboxylic acid groups (broad SMARTS) is 1. The summed E-state index contributed by atoms with van der Waals surface area (Å²) in [5, 5.41) is 8.77. The molecular weight excluding hydrogens is 316 g/mol. The zero-order chi connectivity index (χ0) is 16.2. The summed E-state index contributed by atoms with van der Waals surface area (Å²) in [6.07, 6.45) is 1.65. The minimum atomic E-state index is -3.72.